The Balaban J connectivity index is 2.33. The Hall–Kier alpha value is -0.980. The minimum Gasteiger partial charge on any atom is -0.480 e. The van der Waals surface area contributed by atoms with Crippen LogP contribution in [-0.4, -0.2) is 33.7 Å². The average Bonchev–Trinajstić information content (AvgIpc) is 2.13. The second-order valence-electron chi connectivity index (χ2n) is 1.75. The molecule has 1 N–H and O–H groups in total. The first-order valence-electron chi connectivity index (χ1n) is 2.53. The van der Waals surface area contributed by atoms with Crippen LogP contribution in [0.2, 0.25) is 0 Å². The summed E-state index contributed by atoms with van der Waals surface area (Å²) >= 11 is 3.81. The maximum Gasteiger partial charge on any atom is 0.325 e. The van der Waals surface area contributed by atoms with Gasteiger partial charge in [0.15, 0.2) is 0 Å². The Morgan fingerprint density at radius 1 is 1.70 bits per heavy atom. The summed E-state index contributed by atoms with van der Waals surface area (Å²) in [6, 6.07) is 0. The lowest BCUT2D eigenvalue weighted by atomic mass is 10.6. The third kappa shape index (κ3) is 1.76. The van der Waals surface area contributed by atoms with E-state index in [1.807, 2.05) is 0 Å². The zero-order valence-electron chi connectivity index (χ0n) is 5.01. The van der Waals surface area contributed by atoms with Crippen LogP contribution in [-0.2, 0) is 4.79 Å². The van der Waals surface area contributed by atoms with E-state index in [1.165, 1.54) is 9.42 Å². The average molecular weight is 162 g/mol. The van der Waals surface area contributed by atoms with Crippen LogP contribution in [0.1, 0.15) is 0 Å². The molecule has 0 bridgehead atoms. The third-order valence-corrected chi connectivity index (χ3v) is 1.08. The summed E-state index contributed by atoms with van der Waals surface area (Å²) in [5.41, 5.74) is 0. The molecule has 0 aromatic rings. The summed E-state index contributed by atoms with van der Waals surface area (Å²) in [6.45, 7) is 0.177. The number of aliphatic carboxylic acids is 1. The smallest absolute Gasteiger partial charge is 0.325 e. The SMILES string of the molecule is O=C(O)CN1CN(S)N=N1. The van der Waals surface area contributed by atoms with E-state index in [0.717, 1.165) is 0 Å². The van der Waals surface area contributed by atoms with Crippen LogP contribution < -0.4 is 0 Å². The molecular weight excluding hydrogens is 156 g/mol. The highest BCUT2D eigenvalue weighted by atomic mass is 32.1. The number of thiol groups is 1. The van der Waals surface area contributed by atoms with Crippen LogP contribution >= 0.6 is 12.8 Å². The fourth-order valence-corrected chi connectivity index (χ4v) is 0.725. The van der Waals surface area contributed by atoms with Crippen molar-refractivity contribution in [2.24, 2.45) is 10.4 Å². The van der Waals surface area contributed by atoms with Gasteiger partial charge in [0.05, 0.1) is 0 Å². The number of hydrogen-bond acceptors (Lipinski definition) is 6. The predicted octanol–water partition coefficient (Wildman–Crippen LogP) is -0.227. The van der Waals surface area contributed by atoms with Gasteiger partial charge in [0.1, 0.15) is 13.2 Å². The Labute approximate surface area is 62.6 Å². The lowest BCUT2D eigenvalue weighted by Gasteiger charge is -2.08. The minimum atomic E-state index is -0.928. The van der Waals surface area contributed by atoms with Crippen LogP contribution in [0.5, 0.6) is 0 Å². The quantitative estimate of drug-likeness (QED) is 0.550. The highest BCUT2D eigenvalue weighted by molar-refractivity contribution is 7.77. The molecule has 0 spiro atoms. The molecule has 0 fully saturated rings. The van der Waals surface area contributed by atoms with Gasteiger partial charge in [-0.3, -0.25) is 4.79 Å². The molecule has 0 saturated carbocycles. The van der Waals surface area contributed by atoms with Crippen LogP contribution in [0.4, 0.5) is 0 Å². The Kier molecular flexibility index (Phi) is 1.95. The van der Waals surface area contributed by atoms with Crippen molar-refractivity contribution >= 4 is 18.8 Å². The molecule has 1 heterocycles. The number of nitrogens with zero attached hydrogens (tertiary/aromatic N) is 4. The van der Waals surface area contributed by atoms with Crippen LogP contribution in [0.25, 0.3) is 0 Å². The van der Waals surface area contributed by atoms with E-state index in [2.05, 4.69) is 23.3 Å². The number of carboxylic acids is 1. The molecule has 1 aliphatic rings. The first-order chi connectivity index (χ1) is 4.68. The van der Waals surface area contributed by atoms with E-state index in [9.17, 15) is 4.79 Å². The van der Waals surface area contributed by atoms with Gasteiger partial charge in [-0.15, -0.1) is 0 Å². The normalized spacial score (nSPS) is 16.5. The summed E-state index contributed by atoms with van der Waals surface area (Å²) in [7, 11) is 0. The zero-order chi connectivity index (χ0) is 7.56. The molecular formula is C3H6N4O2S. The fourth-order valence-electron chi connectivity index (χ4n) is 0.543. The van der Waals surface area contributed by atoms with Gasteiger partial charge in [-0.2, -0.15) is 0 Å². The van der Waals surface area contributed by atoms with Gasteiger partial charge in [-0.05, 0) is 18.0 Å². The van der Waals surface area contributed by atoms with Crippen molar-refractivity contribution in [1.82, 2.24) is 9.42 Å². The van der Waals surface area contributed by atoms with Crippen molar-refractivity contribution in [2.75, 3.05) is 13.2 Å². The first-order valence-corrected chi connectivity index (χ1v) is 2.93. The van der Waals surface area contributed by atoms with Crippen molar-refractivity contribution in [3.05, 3.63) is 0 Å². The maximum absolute atomic E-state index is 10.1. The van der Waals surface area contributed by atoms with Gasteiger partial charge in [0, 0.05) is 0 Å². The van der Waals surface area contributed by atoms with Gasteiger partial charge in [0.2, 0.25) is 0 Å². The summed E-state index contributed by atoms with van der Waals surface area (Å²) < 4.78 is 1.25. The molecule has 0 aromatic carbocycles. The van der Waals surface area contributed by atoms with E-state index >= 15 is 0 Å². The molecule has 0 aromatic heterocycles. The molecule has 0 atom stereocenters. The maximum atomic E-state index is 10.1. The fraction of sp³-hybridized carbons (Fsp3) is 0.667. The van der Waals surface area contributed by atoms with Crippen LogP contribution in [0, 0.1) is 0 Å². The summed E-state index contributed by atoms with van der Waals surface area (Å²) in [4.78, 5) is 10.1. The van der Waals surface area contributed by atoms with Crippen molar-refractivity contribution in [1.29, 1.82) is 0 Å². The van der Waals surface area contributed by atoms with E-state index in [1.54, 1.807) is 0 Å². The lowest BCUT2D eigenvalue weighted by Crippen LogP contribution is -2.25. The third-order valence-electron chi connectivity index (χ3n) is 0.877. The highest BCUT2D eigenvalue weighted by Gasteiger charge is 2.14. The van der Waals surface area contributed by atoms with Crippen molar-refractivity contribution in [3.8, 4) is 0 Å². The molecule has 6 nitrogen and oxygen atoms in total. The highest BCUT2D eigenvalue weighted by Crippen LogP contribution is 2.07. The van der Waals surface area contributed by atoms with Crippen LogP contribution in [0.15, 0.2) is 10.4 Å². The largest absolute Gasteiger partial charge is 0.480 e. The summed E-state index contributed by atoms with van der Waals surface area (Å²) in [6.07, 6.45) is 0. The van der Waals surface area contributed by atoms with Gasteiger partial charge >= 0.3 is 5.97 Å². The monoisotopic (exact) mass is 162 g/mol. The Bertz CT molecular complexity index is 172. The van der Waals surface area contributed by atoms with Gasteiger partial charge in [0.25, 0.3) is 0 Å². The van der Waals surface area contributed by atoms with E-state index in [4.69, 9.17) is 5.11 Å². The van der Waals surface area contributed by atoms with Crippen LogP contribution in [0.3, 0.4) is 0 Å². The van der Waals surface area contributed by atoms with Gasteiger partial charge in [-0.25, -0.2) is 9.42 Å². The molecule has 10 heavy (non-hydrogen) atoms. The second kappa shape index (κ2) is 2.74. The molecule has 1 aliphatic heterocycles. The topological polar surface area (TPSA) is 68.5 Å². The van der Waals surface area contributed by atoms with Crippen molar-refractivity contribution < 1.29 is 9.90 Å². The van der Waals surface area contributed by atoms with E-state index in [-0.39, 0.29) is 6.54 Å². The zero-order valence-corrected chi connectivity index (χ0v) is 5.90. The number of hydrogen-bond donors (Lipinski definition) is 2. The van der Waals surface area contributed by atoms with Crippen molar-refractivity contribution in [3.63, 3.8) is 0 Å². The van der Waals surface area contributed by atoms with E-state index in [0.29, 0.717) is 6.67 Å². The molecule has 56 valence electrons. The number of carbonyl (C=O) groups is 1. The molecule has 0 saturated heterocycles. The summed E-state index contributed by atoms with van der Waals surface area (Å²) in [5.74, 6) is -0.928. The Morgan fingerprint density at radius 3 is 2.80 bits per heavy atom. The molecule has 0 amide bonds. The lowest BCUT2D eigenvalue weighted by molar-refractivity contribution is -0.138. The van der Waals surface area contributed by atoms with Crippen molar-refractivity contribution in [2.45, 2.75) is 0 Å². The standard InChI is InChI=1S/C3H6N4O2S/c8-3(9)1-6-2-7(10)5-4-6/h10H,1-2H2,(H,8,9). The van der Waals surface area contributed by atoms with E-state index < -0.39 is 5.97 Å². The molecule has 7 heteroatoms. The Morgan fingerprint density at radius 2 is 2.40 bits per heavy atom. The number of rotatable bonds is 2. The molecule has 0 unspecified atom stereocenters. The predicted molar refractivity (Wildman–Crippen MR) is 34.9 cm³/mol. The second-order valence-corrected chi connectivity index (χ2v) is 2.21. The van der Waals surface area contributed by atoms with Gasteiger partial charge in [-0.1, -0.05) is 5.22 Å². The van der Waals surface area contributed by atoms with Gasteiger partial charge < -0.3 is 5.11 Å². The first kappa shape index (κ1) is 7.13. The molecule has 0 aliphatic carbocycles. The summed E-state index contributed by atoms with van der Waals surface area (Å²) in [5, 5.41) is 16.5. The number of carboxylic acid groups (broad SMARTS) is 1. The molecule has 0 radical (unpaired) electrons. The minimum absolute atomic E-state index is 0.138. The molecule has 1 rings (SSSR count).